The molecule has 0 aliphatic heterocycles. The molecule has 0 aliphatic carbocycles. The highest BCUT2D eigenvalue weighted by atomic mass is 16.4. The third-order valence-corrected chi connectivity index (χ3v) is 4.84. The van der Waals surface area contributed by atoms with Crippen LogP contribution < -0.4 is 27.4 Å². The summed E-state index contributed by atoms with van der Waals surface area (Å²) in [5.41, 5.74) is 11.3. The molecule has 0 radical (unpaired) electrons. The van der Waals surface area contributed by atoms with Crippen molar-refractivity contribution >= 4 is 23.7 Å². The van der Waals surface area contributed by atoms with E-state index in [2.05, 4.69) is 16.0 Å². The number of phenolic OH excluding ortho intramolecular Hbond substituents is 1. The van der Waals surface area contributed by atoms with Gasteiger partial charge in [-0.15, -0.1) is 0 Å². The van der Waals surface area contributed by atoms with Gasteiger partial charge < -0.3 is 42.7 Å². The number of aliphatic carboxylic acids is 1. The van der Waals surface area contributed by atoms with Crippen LogP contribution in [0.15, 0.2) is 24.3 Å². The van der Waals surface area contributed by atoms with Crippen LogP contribution in [-0.2, 0) is 25.6 Å². The Labute approximate surface area is 191 Å². The molecule has 33 heavy (non-hydrogen) atoms. The van der Waals surface area contributed by atoms with Gasteiger partial charge in [-0.1, -0.05) is 12.1 Å². The highest BCUT2D eigenvalue weighted by molar-refractivity contribution is 5.93. The van der Waals surface area contributed by atoms with Crippen molar-refractivity contribution in [3.63, 3.8) is 0 Å². The maximum absolute atomic E-state index is 12.7. The molecule has 1 rings (SSSR count). The number of hydrogen-bond acceptors (Lipinski definition) is 8. The van der Waals surface area contributed by atoms with Crippen LogP contribution in [-0.4, -0.2) is 76.3 Å². The number of unbranched alkanes of at least 4 members (excludes halogenated alkanes) is 1. The lowest BCUT2D eigenvalue weighted by Crippen LogP contribution is -2.59. The minimum Gasteiger partial charge on any atom is -0.508 e. The molecule has 12 heteroatoms. The summed E-state index contributed by atoms with van der Waals surface area (Å²) in [4.78, 5) is 48.8. The Morgan fingerprint density at radius 1 is 0.939 bits per heavy atom. The highest BCUT2D eigenvalue weighted by Gasteiger charge is 2.32. The molecule has 0 spiro atoms. The van der Waals surface area contributed by atoms with Crippen LogP contribution in [0.3, 0.4) is 0 Å². The zero-order valence-corrected chi connectivity index (χ0v) is 18.5. The Morgan fingerprint density at radius 3 is 2.09 bits per heavy atom. The SMILES string of the molecule is CC(O)C(NC(=O)C(CCCCN)NC(=O)CN)C(=O)NC(Cc1ccc(O)cc1)C(=O)O. The Kier molecular flexibility index (Phi) is 11.8. The highest BCUT2D eigenvalue weighted by Crippen LogP contribution is 2.12. The fourth-order valence-electron chi connectivity index (χ4n) is 3.00. The topological polar surface area (TPSA) is 217 Å². The first-order valence-electron chi connectivity index (χ1n) is 10.6. The molecule has 0 bridgehead atoms. The number of carboxylic acids is 1. The van der Waals surface area contributed by atoms with Gasteiger partial charge in [-0.25, -0.2) is 4.79 Å². The number of rotatable bonds is 14. The fourth-order valence-corrected chi connectivity index (χ4v) is 3.00. The van der Waals surface area contributed by atoms with Gasteiger partial charge in [0.05, 0.1) is 12.6 Å². The summed E-state index contributed by atoms with van der Waals surface area (Å²) in [7, 11) is 0. The summed E-state index contributed by atoms with van der Waals surface area (Å²) in [6, 6.07) is 1.97. The number of carbonyl (C=O) groups excluding carboxylic acids is 3. The van der Waals surface area contributed by atoms with Crippen LogP contribution in [0.4, 0.5) is 0 Å². The van der Waals surface area contributed by atoms with Gasteiger partial charge in [-0.2, -0.15) is 0 Å². The maximum atomic E-state index is 12.7. The van der Waals surface area contributed by atoms with E-state index in [0.29, 0.717) is 24.9 Å². The minimum atomic E-state index is -1.47. The van der Waals surface area contributed by atoms with E-state index < -0.39 is 47.9 Å². The van der Waals surface area contributed by atoms with E-state index in [1.54, 1.807) is 0 Å². The van der Waals surface area contributed by atoms with Crippen molar-refractivity contribution in [2.24, 2.45) is 11.5 Å². The number of amides is 3. The Hall–Kier alpha value is -3.22. The van der Waals surface area contributed by atoms with Crippen LogP contribution >= 0.6 is 0 Å². The fraction of sp³-hybridized carbons (Fsp3) is 0.524. The first-order chi connectivity index (χ1) is 15.6. The molecule has 1 aromatic carbocycles. The average Bonchev–Trinajstić information content (AvgIpc) is 2.77. The van der Waals surface area contributed by atoms with Crippen LogP contribution in [0.5, 0.6) is 5.75 Å². The van der Waals surface area contributed by atoms with E-state index in [4.69, 9.17) is 11.5 Å². The predicted octanol–water partition coefficient (Wildman–Crippen LogP) is -2.06. The van der Waals surface area contributed by atoms with Gasteiger partial charge in [0, 0.05) is 6.42 Å². The molecule has 1 aromatic rings. The van der Waals surface area contributed by atoms with E-state index in [-0.39, 0.29) is 25.1 Å². The van der Waals surface area contributed by atoms with Gasteiger partial charge in [0.2, 0.25) is 17.7 Å². The smallest absolute Gasteiger partial charge is 0.326 e. The molecular weight excluding hydrogens is 434 g/mol. The first kappa shape index (κ1) is 27.8. The third-order valence-electron chi connectivity index (χ3n) is 4.84. The molecule has 4 unspecified atom stereocenters. The number of carboxylic acid groups (broad SMARTS) is 1. The van der Waals surface area contributed by atoms with Crippen LogP contribution in [0, 0.1) is 0 Å². The summed E-state index contributed by atoms with van der Waals surface area (Å²) in [5.74, 6) is -3.51. The number of phenols is 1. The van der Waals surface area contributed by atoms with Crippen LogP contribution in [0.1, 0.15) is 31.7 Å². The van der Waals surface area contributed by atoms with E-state index in [1.165, 1.54) is 31.2 Å². The van der Waals surface area contributed by atoms with Gasteiger partial charge >= 0.3 is 5.97 Å². The molecule has 0 fully saturated rings. The van der Waals surface area contributed by atoms with Crippen molar-refractivity contribution in [2.45, 2.75) is 56.8 Å². The van der Waals surface area contributed by atoms with Gasteiger partial charge in [0.15, 0.2) is 0 Å². The number of aliphatic hydroxyl groups excluding tert-OH is 1. The molecule has 12 nitrogen and oxygen atoms in total. The predicted molar refractivity (Wildman–Crippen MR) is 119 cm³/mol. The van der Waals surface area contributed by atoms with Crippen molar-refractivity contribution in [3.05, 3.63) is 29.8 Å². The van der Waals surface area contributed by atoms with E-state index in [1.807, 2.05) is 0 Å². The number of nitrogens with two attached hydrogens (primary N) is 2. The summed E-state index contributed by atoms with van der Waals surface area (Å²) < 4.78 is 0. The van der Waals surface area contributed by atoms with Crippen molar-refractivity contribution in [3.8, 4) is 5.75 Å². The lowest BCUT2D eigenvalue weighted by molar-refractivity contribution is -0.143. The lowest BCUT2D eigenvalue weighted by atomic mass is 10.0. The normalized spacial score (nSPS) is 14.4. The van der Waals surface area contributed by atoms with Crippen LogP contribution in [0.25, 0.3) is 0 Å². The number of hydrogen-bond donors (Lipinski definition) is 8. The maximum Gasteiger partial charge on any atom is 0.326 e. The number of aromatic hydroxyl groups is 1. The number of aliphatic hydroxyl groups is 1. The largest absolute Gasteiger partial charge is 0.508 e. The molecule has 3 amide bonds. The van der Waals surface area contributed by atoms with Crippen LogP contribution in [0.2, 0.25) is 0 Å². The van der Waals surface area contributed by atoms with E-state index in [0.717, 1.165) is 0 Å². The van der Waals surface area contributed by atoms with Gasteiger partial charge in [0.1, 0.15) is 23.9 Å². The molecule has 0 saturated carbocycles. The monoisotopic (exact) mass is 467 g/mol. The second-order valence-electron chi connectivity index (χ2n) is 7.61. The molecule has 0 saturated heterocycles. The summed E-state index contributed by atoms with van der Waals surface area (Å²) in [6.45, 7) is 1.33. The molecule has 4 atom stereocenters. The van der Waals surface area contributed by atoms with Crippen molar-refractivity contribution < 1.29 is 34.5 Å². The molecule has 184 valence electrons. The zero-order chi connectivity index (χ0) is 25.0. The van der Waals surface area contributed by atoms with E-state index >= 15 is 0 Å². The average molecular weight is 468 g/mol. The van der Waals surface area contributed by atoms with Crippen molar-refractivity contribution in [2.75, 3.05) is 13.1 Å². The Balaban J connectivity index is 2.90. The Bertz CT molecular complexity index is 801. The second-order valence-corrected chi connectivity index (χ2v) is 7.61. The standard InChI is InChI=1S/C21H33N5O7/c1-12(27)18(26-19(30)15(4-2-3-9-22)24-17(29)11-23)20(31)25-16(21(32)33)10-13-5-7-14(28)8-6-13/h5-8,12,15-16,18,27-28H,2-4,9-11,22-23H2,1H3,(H,24,29)(H,25,31)(H,26,30)(H,32,33). The Morgan fingerprint density at radius 2 is 1.58 bits per heavy atom. The minimum absolute atomic E-state index is 0.00860. The molecular formula is C21H33N5O7. The summed E-state index contributed by atoms with van der Waals surface area (Å²) in [6.07, 6.45) is -0.0665. The lowest BCUT2D eigenvalue weighted by Gasteiger charge is -2.26. The number of benzene rings is 1. The van der Waals surface area contributed by atoms with E-state index in [9.17, 15) is 34.5 Å². The summed E-state index contributed by atoms with van der Waals surface area (Å²) >= 11 is 0. The number of carbonyl (C=O) groups is 4. The van der Waals surface area contributed by atoms with Gasteiger partial charge in [-0.05, 0) is 50.4 Å². The number of nitrogens with one attached hydrogen (secondary N) is 3. The molecule has 0 aliphatic rings. The van der Waals surface area contributed by atoms with Crippen molar-refractivity contribution in [1.82, 2.24) is 16.0 Å². The second kappa shape index (κ2) is 14.0. The molecule has 0 heterocycles. The third kappa shape index (κ3) is 9.85. The summed E-state index contributed by atoms with van der Waals surface area (Å²) in [5, 5.41) is 36.0. The van der Waals surface area contributed by atoms with Crippen molar-refractivity contribution in [1.29, 1.82) is 0 Å². The zero-order valence-electron chi connectivity index (χ0n) is 18.5. The van der Waals surface area contributed by atoms with Gasteiger partial charge in [-0.3, -0.25) is 14.4 Å². The van der Waals surface area contributed by atoms with Gasteiger partial charge in [0.25, 0.3) is 0 Å². The first-order valence-corrected chi connectivity index (χ1v) is 10.6. The molecule has 0 aromatic heterocycles. The quantitative estimate of drug-likeness (QED) is 0.141. The molecule has 10 N–H and O–H groups in total.